The first-order valence-electron chi connectivity index (χ1n) is 16.5. The molecule has 3 nitrogen and oxygen atoms in total. The highest BCUT2D eigenvalue weighted by Crippen LogP contribution is 2.69. The second kappa shape index (κ2) is 11.1. The quantitative estimate of drug-likeness (QED) is 0.337. The number of carbonyl (C=O) groups excluding carboxylic acids is 1. The Hall–Kier alpha value is -1.35. The molecule has 3 heteroatoms. The first-order valence-corrected chi connectivity index (χ1v) is 16.5. The molecular formula is C36H56O3. The molecule has 4 aliphatic carbocycles. The van der Waals surface area contributed by atoms with Gasteiger partial charge >= 0.3 is 5.97 Å². The number of carbonyl (C=O) groups is 1. The highest BCUT2D eigenvalue weighted by Gasteiger charge is 2.62. The van der Waals surface area contributed by atoms with Crippen molar-refractivity contribution in [3.8, 4) is 0 Å². The minimum atomic E-state index is -0.420. The standard InChI is InChI=1S/C36H56O3/c1-7-36(38)22-21-34(5)27(23-36)14-15-28-30-17-16-29(35(30,6)20-19-31(28)34)25(4)32(18-13-24(2)3)39-33(37)26-11-9-8-10-12-26/h8-12,24-25,27-32,38H,7,13-23H2,1-6H3/t25-,27+,28-,29+,30-,31-,32+,34-,35+,36-/m0/s1. The summed E-state index contributed by atoms with van der Waals surface area (Å²) in [7, 11) is 0. The minimum Gasteiger partial charge on any atom is -0.458 e. The lowest BCUT2D eigenvalue weighted by atomic mass is 9.43. The van der Waals surface area contributed by atoms with Crippen LogP contribution in [0.1, 0.15) is 129 Å². The fourth-order valence-electron chi connectivity index (χ4n) is 10.5. The van der Waals surface area contributed by atoms with Crippen LogP contribution in [-0.2, 0) is 4.74 Å². The van der Waals surface area contributed by atoms with Crippen molar-refractivity contribution in [2.45, 2.75) is 130 Å². The van der Waals surface area contributed by atoms with Gasteiger partial charge in [-0.1, -0.05) is 59.7 Å². The van der Waals surface area contributed by atoms with E-state index in [0.717, 1.165) is 49.9 Å². The zero-order valence-electron chi connectivity index (χ0n) is 25.8. The lowest BCUT2D eigenvalue weighted by Crippen LogP contribution is -2.56. The first kappa shape index (κ1) is 29.2. The van der Waals surface area contributed by atoms with Crippen LogP contribution >= 0.6 is 0 Å². The zero-order chi connectivity index (χ0) is 28.0. The highest BCUT2D eigenvalue weighted by molar-refractivity contribution is 5.89. The molecule has 4 fully saturated rings. The maximum atomic E-state index is 13.2. The van der Waals surface area contributed by atoms with E-state index in [-0.39, 0.29) is 12.1 Å². The summed E-state index contributed by atoms with van der Waals surface area (Å²) in [6.07, 6.45) is 14.1. The molecule has 0 radical (unpaired) electrons. The normalized spacial score (nSPS) is 41.3. The van der Waals surface area contributed by atoms with Gasteiger partial charge in [0.05, 0.1) is 11.2 Å². The van der Waals surface area contributed by atoms with Gasteiger partial charge in [0.15, 0.2) is 0 Å². The molecule has 0 heterocycles. The Morgan fingerprint density at radius 1 is 0.923 bits per heavy atom. The van der Waals surface area contributed by atoms with E-state index in [4.69, 9.17) is 4.74 Å². The summed E-state index contributed by atoms with van der Waals surface area (Å²) < 4.78 is 6.35. The zero-order valence-corrected chi connectivity index (χ0v) is 25.8. The molecule has 0 bridgehead atoms. The largest absolute Gasteiger partial charge is 0.458 e. The van der Waals surface area contributed by atoms with Crippen LogP contribution in [0, 0.1) is 52.3 Å². The third-order valence-electron chi connectivity index (χ3n) is 13.1. The second-order valence-corrected chi connectivity index (χ2v) is 15.3. The van der Waals surface area contributed by atoms with Crippen LogP contribution in [0.3, 0.4) is 0 Å². The summed E-state index contributed by atoms with van der Waals surface area (Å²) in [5.41, 5.74) is 0.997. The summed E-state index contributed by atoms with van der Waals surface area (Å²) >= 11 is 0. The first-order chi connectivity index (χ1) is 18.5. The molecule has 0 amide bonds. The van der Waals surface area contributed by atoms with Crippen molar-refractivity contribution in [2.75, 3.05) is 0 Å². The van der Waals surface area contributed by atoms with Crippen LogP contribution in [0.5, 0.6) is 0 Å². The van der Waals surface area contributed by atoms with Crippen LogP contribution in [0.25, 0.3) is 0 Å². The van der Waals surface area contributed by atoms with Gasteiger partial charge in [-0.2, -0.15) is 0 Å². The summed E-state index contributed by atoms with van der Waals surface area (Å²) in [5, 5.41) is 11.1. The molecule has 5 rings (SSSR count). The molecule has 39 heavy (non-hydrogen) atoms. The molecule has 4 aliphatic rings. The van der Waals surface area contributed by atoms with Gasteiger partial charge in [0.25, 0.3) is 0 Å². The maximum Gasteiger partial charge on any atom is 0.338 e. The summed E-state index contributed by atoms with van der Waals surface area (Å²) in [5.74, 6) is 4.58. The molecule has 1 N–H and O–H groups in total. The van der Waals surface area contributed by atoms with Gasteiger partial charge in [0.1, 0.15) is 6.10 Å². The maximum absolute atomic E-state index is 13.2. The predicted octanol–water partition coefficient (Wildman–Crippen LogP) is 9.08. The van der Waals surface area contributed by atoms with Gasteiger partial charge in [-0.15, -0.1) is 0 Å². The fourth-order valence-corrected chi connectivity index (χ4v) is 10.5. The summed E-state index contributed by atoms with van der Waals surface area (Å²) in [6.45, 7) is 14.3. The van der Waals surface area contributed by atoms with Crippen molar-refractivity contribution in [2.24, 2.45) is 52.3 Å². The lowest BCUT2D eigenvalue weighted by Gasteiger charge is -2.62. The van der Waals surface area contributed by atoms with E-state index in [1.807, 2.05) is 30.3 Å². The van der Waals surface area contributed by atoms with Gasteiger partial charge in [0.2, 0.25) is 0 Å². The third-order valence-corrected chi connectivity index (χ3v) is 13.1. The Morgan fingerprint density at radius 3 is 2.33 bits per heavy atom. The van der Waals surface area contributed by atoms with E-state index >= 15 is 0 Å². The van der Waals surface area contributed by atoms with Crippen molar-refractivity contribution >= 4 is 5.97 Å². The SMILES string of the molecule is CC[C@]1(O)CC[C@@]2(C)[C@H](CC[C@@H]3[C@@H]2CC[C@]2(C)[C@@H]([C@H](C)[C@@H](CCC(C)C)OC(=O)c4ccccc4)CC[C@@H]32)C1. The molecule has 1 aromatic rings. The topological polar surface area (TPSA) is 46.5 Å². The van der Waals surface area contributed by atoms with E-state index < -0.39 is 5.60 Å². The Balaban J connectivity index is 1.33. The smallest absolute Gasteiger partial charge is 0.338 e. The number of ether oxygens (including phenoxy) is 1. The van der Waals surface area contributed by atoms with Gasteiger partial charge in [-0.05, 0) is 141 Å². The number of hydrogen-bond acceptors (Lipinski definition) is 3. The number of esters is 1. The van der Waals surface area contributed by atoms with Crippen molar-refractivity contribution < 1.29 is 14.6 Å². The number of benzene rings is 1. The minimum absolute atomic E-state index is 0.0169. The Bertz CT molecular complexity index is 988. The Morgan fingerprint density at radius 2 is 1.64 bits per heavy atom. The number of hydrogen-bond donors (Lipinski definition) is 1. The van der Waals surface area contributed by atoms with Crippen LogP contribution in [0.15, 0.2) is 30.3 Å². The van der Waals surface area contributed by atoms with Crippen molar-refractivity contribution in [3.63, 3.8) is 0 Å². The van der Waals surface area contributed by atoms with E-state index in [1.165, 1.54) is 44.9 Å². The van der Waals surface area contributed by atoms with Crippen molar-refractivity contribution in [1.82, 2.24) is 0 Å². The highest BCUT2D eigenvalue weighted by atomic mass is 16.5. The van der Waals surface area contributed by atoms with Crippen LogP contribution in [0.2, 0.25) is 0 Å². The van der Waals surface area contributed by atoms with Crippen LogP contribution in [0.4, 0.5) is 0 Å². The molecule has 0 aromatic heterocycles. The average Bonchev–Trinajstić information content (AvgIpc) is 3.28. The van der Waals surface area contributed by atoms with E-state index in [9.17, 15) is 9.90 Å². The molecule has 1 aromatic carbocycles. The number of fused-ring (bicyclic) bond motifs is 5. The lowest BCUT2D eigenvalue weighted by molar-refractivity contribution is -0.154. The fraction of sp³-hybridized carbons (Fsp3) is 0.806. The van der Waals surface area contributed by atoms with Gasteiger partial charge in [-0.25, -0.2) is 4.79 Å². The van der Waals surface area contributed by atoms with Gasteiger partial charge in [0, 0.05) is 0 Å². The average molecular weight is 537 g/mol. The molecule has 10 atom stereocenters. The Kier molecular flexibility index (Phi) is 8.33. The molecule has 218 valence electrons. The molecule has 4 saturated carbocycles. The van der Waals surface area contributed by atoms with Crippen LogP contribution < -0.4 is 0 Å². The van der Waals surface area contributed by atoms with E-state index in [0.29, 0.717) is 40.1 Å². The van der Waals surface area contributed by atoms with Gasteiger partial charge < -0.3 is 9.84 Å². The molecule has 0 unspecified atom stereocenters. The summed E-state index contributed by atoms with van der Waals surface area (Å²) in [6, 6.07) is 9.56. The molecular weight excluding hydrogens is 480 g/mol. The predicted molar refractivity (Wildman–Crippen MR) is 159 cm³/mol. The monoisotopic (exact) mass is 536 g/mol. The second-order valence-electron chi connectivity index (χ2n) is 15.3. The Labute approximate surface area is 238 Å². The summed E-state index contributed by atoms with van der Waals surface area (Å²) in [4.78, 5) is 13.2. The van der Waals surface area contributed by atoms with E-state index in [1.54, 1.807) is 0 Å². The number of aliphatic hydroxyl groups is 1. The number of rotatable bonds is 8. The molecule has 0 aliphatic heterocycles. The van der Waals surface area contributed by atoms with Gasteiger partial charge in [-0.3, -0.25) is 0 Å². The van der Waals surface area contributed by atoms with Crippen molar-refractivity contribution in [1.29, 1.82) is 0 Å². The molecule has 0 saturated heterocycles. The van der Waals surface area contributed by atoms with Crippen molar-refractivity contribution in [3.05, 3.63) is 35.9 Å². The van der Waals surface area contributed by atoms with E-state index in [2.05, 4.69) is 41.5 Å². The van der Waals surface area contributed by atoms with Crippen LogP contribution in [-0.4, -0.2) is 22.8 Å². The third kappa shape index (κ3) is 5.35. The molecule has 0 spiro atoms.